The summed E-state index contributed by atoms with van der Waals surface area (Å²) in [6, 6.07) is 3.60. The number of nitrogens with zero attached hydrogens (tertiary/aromatic N) is 1. The summed E-state index contributed by atoms with van der Waals surface area (Å²) >= 11 is 0. The van der Waals surface area contributed by atoms with Crippen LogP contribution in [0.25, 0.3) is 0 Å². The molecule has 1 aromatic rings. The van der Waals surface area contributed by atoms with Crippen LogP contribution in [0.15, 0.2) is 18.2 Å². The number of nitrogen functional groups attached to an aromatic ring is 1. The number of hydrogen-bond donors (Lipinski definition) is 3. The first-order valence-corrected chi connectivity index (χ1v) is 7.36. The smallest absolute Gasteiger partial charge is 0.292 e. The largest absolute Gasteiger partial charge is 0.393 e. The van der Waals surface area contributed by atoms with Gasteiger partial charge in [-0.3, -0.25) is 14.9 Å². The van der Waals surface area contributed by atoms with Gasteiger partial charge >= 0.3 is 0 Å². The molecular formula is C10H14N4O5S. The topological polar surface area (TPSA) is 144 Å². The number of hydrogen-bond acceptors (Lipinski definition) is 6. The number of carbonyl (C=O) groups is 1. The first-order chi connectivity index (χ1) is 9.20. The lowest BCUT2D eigenvalue weighted by molar-refractivity contribution is -0.383. The van der Waals surface area contributed by atoms with E-state index in [-0.39, 0.29) is 30.0 Å². The van der Waals surface area contributed by atoms with E-state index in [0.717, 1.165) is 12.3 Å². The quantitative estimate of drug-likeness (QED) is 0.278. The molecule has 0 aliphatic carbocycles. The normalized spacial score (nSPS) is 11.1. The van der Waals surface area contributed by atoms with E-state index >= 15 is 0 Å². The lowest BCUT2D eigenvalue weighted by atomic mass is 10.1. The molecule has 4 N–H and O–H groups in total. The van der Waals surface area contributed by atoms with Gasteiger partial charge in [0.25, 0.3) is 11.6 Å². The first kappa shape index (κ1) is 15.9. The van der Waals surface area contributed by atoms with E-state index < -0.39 is 20.9 Å². The van der Waals surface area contributed by atoms with Crippen LogP contribution in [0.3, 0.4) is 0 Å². The fourth-order valence-electron chi connectivity index (χ4n) is 1.38. The molecule has 20 heavy (non-hydrogen) atoms. The highest BCUT2D eigenvalue weighted by molar-refractivity contribution is 7.88. The van der Waals surface area contributed by atoms with Crippen LogP contribution in [-0.2, 0) is 10.0 Å². The lowest BCUT2D eigenvalue weighted by Crippen LogP contribution is -2.34. The van der Waals surface area contributed by atoms with E-state index in [2.05, 4.69) is 10.0 Å². The molecule has 0 unspecified atom stereocenters. The number of anilines is 1. The molecule has 10 heteroatoms. The Kier molecular flexibility index (Phi) is 5.00. The van der Waals surface area contributed by atoms with Crippen molar-refractivity contribution in [3.8, 4) is 0 Å². The van der Waals surface area contributed by atoms with E-state index in [9.17, 15) is 23.3 Å². The molecule has 1 amide bonds. The van der Waals surface area contributed by atoms with Gasteiger partial charge in [0, 0.05) is 24.7 Å². The van der Waals surface area contributed by atoms with Crippen LogP contribution in [-0.4, -0.2) is 38.6 Å². The number of amides is 1. The van der Waals surface area contributed by atoms with E-state index in [1.54, 1.807) is 0 Å². The maximum atomic E-state index is 11.7. The van der Waals surface area contributed by atoms with Crippen LogP contribution in [0.2, 0.25) is 0 Å². The van der Waals surface area contributed by atoms with Crippen LogP contribution in [0, 0.1) is 10.1 Å². The molecule has 1 aromatic carbocycles. The van der Waals surface area contributed by atoms with Gasteiger partial charge in [0.2, 0.25) is 10.0 Å². The monoisotopic (exact) mass is 302 g/mol. The number of rotatable bonds is 6. The van der Waals surface area contributed by atoms with Crippen molar-refractivity contribution in [2.24, 2.45) is 0 Å². The van der Waals surface area contributed by atoms with E-state index in [4.69, 9.17) is 5.73 Å². The van der Waals surface area contributed by atoms with Crippen LogP contribution >= 0.6 is 0 Å². The Morgan fingerprint density at radius 2 is 2.05 bits per heavy atom. The van der Waals surface area contributed by atoms with Crippen LogP contribution in [0.1, 0.15) is 10.4 Å². The van der Waals surface area contributed by atoms with Gasteiger partial charge < -0.3 is 11.1 Å². The Morgan fingerprint density at radius 3 is 2.55 bits per heavy atom. The second kappa shape index (κ2) is 6.30. The summed E-state index contributed by atoms with van der Waals surface area (Å²) in [5, 5.41) is 13.0. The molecular weight excluding hydrogens is 288 g/mol. The minimum Gasteiger partial charge on any atom is -0.393 e. The lowest BCUT2D eigenvalue weighted by Gasteiger charge is -2.06. The summed E-state index contributed by atoms with van der Waals surface area (Å²) in [5.74, 6) is -0.498. The Bertz CT molecular complexity index is 629. The molecule has 0 saturated heterocycles. The van der Waals surface area contributed by atoms with Gasteiger partial charge in [0.05, 0.1) is 11.2 Å². The molecule has 0 spiro atoms. The van der Waals surface area contributed by atoms with Crippen molar-refractivity contribution in [2.75, 3.05) is 25.1 Å². The summed E-state index contributed by atoms with van der Waals surface area (Å²) < 4.78 is 23.8. The van der Waals surface area contributed by atoms with Crippen molar-refractivity contribution in [1.82, 2.24) is 10.0 Å². The summed E-state index contributed by atoms with van der Waals surface area (Å²) in [5.41, 5.74) is 5.23. The van der Waals surface area contributed by atoms with Gasteiger partial charge in [-0.05, 0) is 12.1 Å². The minimum absolute atomic E-state index is 0.0486. The maximum absolute atomic E-state index is 11.7. The molecule has 9 nitrogen and oxygen atoms in total. The number of nitrogens with one attached hydrogen (secondary N) is 2. The van der Waals surface area contributed by atoms with E-state index in [1.807, 2.05) is 0 Å². The summed E-state index contributed by atoms with van der Waals surface area (Å²) in [6.07, 6.45) is 1.01. The maximum Gasteiger partial charge on any atom is 0.292 e. The highest BCUT2D eigenvalue weighted by Gasteiger charge is 2.14. The summed E-state index contributed by atoms with van der Waals surface area (Å²) in [4.78, 5) is 21.6. The zero-order valence-electron chi connectivity index (χ0n) is 10.6. The van der Waals surface area contributed by atoms with Gasteiger partial charge in [0.1, 0.15) is 5.69 Å². The second-order valence-corrected chi connectivity index (χ2v) is 5.79. The fourth-order valence-corrected chi connectivity index (χ4v) is 1.85. The van der Waals surface area contributed by atoms with Crippen molar-refractivity contribution < 1.29 is 18.1 Å². The standard InChI is InChI=1S/C10H14N4O5S/c1-20(18,19)13-5-4-12-10(15)7-2-3-9(14(16)17)8(11)6-7/h2-3,6,13H,4-5,11H2,1H3,(H,12,15). The Balaban J connectivity index is 2.60. The van der Waals surface area contributed by atoms with Gasteiger partial charge in [-0.2, -0.15) is 0 Å². The van der Waals surface area contributed by atoms with Crippen molar-refractivity contribution in [1.29, 1.82) is 0 Å². The summed E-state index contributed by atoms with van der Waals surface area (Å²) in [6.45, 7) is 0.135. The number of nitro groups is 1. The molecule has 0 atom stereocenters. The Hall–Kier alpha value is -2.20. The second-order valence-electron chi connectivity index (χ2n) is 3.95. The van der Waals surface area contributed by atoms with E-state index in [1.165, 1.54) is 12.1 Å². The number of benzene rings is 1. The Morgan fingerprint density at radius 1 is 1.40 bits per heavy atom. The van der Waals surface area contributed by atoms with Gasteiger partial charge in [0.15, 0.2) is 0 Å². The molecule has 0 aliphatic heterocycles. The molecule has 1 rings (SSSR count). The average molecular weight is 302 g/mol. The number of carbonyl (C=O) groups excluding carboxylic acids is 1. The highest BCUT2D eigenvalue weighted by Crippen LogP contribution is 2.21. The fraction of sp³-hybridized carbons (Fsp3) is 0.300. The van der Waals surface area contributed by atoms with Crippen molar-refractivity contribution in [3.05, 3.63) is 33.9 Å². The molecule has 0 heterocycles. The van der Waals surface area contributed by atoms with Gasteiger partial charge in [-0.15, -0.1) is 0 Å². The predicted molar refractivity (Wildman–Crippen MR) is 72.7 cm³/mol. The zero-order valence-corrected chi connectivity index (χ0v) is 11.4. The SMILES string of the molecule is CS(=O)(=O)NCCNC(=O)c1ccc([N+](=O)[O-])c(N)c1. The van der Waals surface area contributed by atoms with E-state index in [0.29, 0.717) is 0 Å². The van der Waals surface area contributed by atoms with Crippen molar-refractivity contribution in [2.45, 2.75) is 0 Å². The molecule has 0 aliphatic rings. The minimum atomic E-state index is -3.30. The molecule has 0 aromatic heterocycles. The third kappa shape index (κ3) is 4.82. The van der Waals surface area contributed by atoms with Crippen LogP contribution < -0.4 is 15.8 Å². The molecule has 0 bridgehead atoms. The number of sulfonamides is 1. The predicted octanol–water partition coefficient (Wildman–Crippen LogP) is -0.544. The van der Waals surface area contributed by atoms with Crippen LogP contribution in [0.4, 0.5) is 11.4 Å². The number of nitrogens with two attached hydrogens (primary N) is 1. The summed E-state index contributed by atoms with van der Waals surface area (Å²) in [7, 11) is -3.30. The van der Waals surface area contributed by atoms with Crippen molar-refractivity contribution in [3.63, 3.8) is 0 Å². The first-order valence-electron chi connectivity index (χ1n) is 5.47. The zero-order chi connectivity index (χ0) is 15.3. The highest BCUT2D eigenvalue weighted by atomic mass is 32.2. The third-order valence-corrected chi connectivity index (χ3v) is 2.99. The number of nitro benzene ring substituents is 1. The van der Waals surface area contributed by atoms with Gasteiger partial charge in [-0.25, -0.2) is 13.1 Å². The molecule has 0 radical (unpaired) electrons. The average Bonchev–Trinajstić information content (AvgIpc) is 2.32. The molecule has 0 fully saturated rings. The molecule has 0 saturated carbocycles. The van der Waals surface area contributed by atoms with Crippen molar-refractivity contribution >= 4 is 27.3 Å². The van der Waals surface area contributed by atoms with Gasteiger partial charge in [-0.1, -0.05) is 0 Å². The Labute approximate surface area is 115 Å². The van der Waals surface area contributed by atoms with Crippen LogP contribution in [0.5, 0.6) is 0 Å². The molecule has 110 valence electrons. The third-order valence-electron chi connectivity index (χ3n) is 2.26.